The number of nitrogens with two attached hydrogens (primary N) is 4. The van der Waals surface area contributed by atoms with Gasteiger partial charge in [-0.05, 0) is 57.6 Å². The SMILES string of the molecule is C=CCCCCC1(O)C(SCCN=C(N)N)=CC2N(CCCCCN=C(N)N)CCCN21. The van der Waals surface area contributed by atoms with Crippen LogP contribution in [-0.2, 0) is 0 Å². The van der Waals surface area contributed by atoms with E-state index in [9.17, 15) is 5.11 Å². The highest BCUT2D eigenvalue weighted by atomic mass is 32.2. The third-order valence-electron chi connectivity index (χ3n) is 5.93. The van der Waals surface area contributed by atoms with Gasteiger partial charge in [-0.2, -0.15) is 0 Å². The molecule has 2 heterocycles. The van der Waals surface area contributed by atoms with E-state index >= 15 is 0 Å². The van der Waals surface area contributed by atoms with Gasteiger partial charge in [0, 0.05) is 30.3 Å². The van der Waals surface area contributed by atoms with Crippen LogP contribution in [-0.4, -0.2) is 77.2 Å². The van der Waals surface area contributed by atoms with Crippen LogP contribution in [0.25, 0.3) is 0 Å². The second-order valence-electron chi connectivity index (χ2n) is 8.40. The van der Waals surface area contributed by atoms with E-state index in [0.29, 0.717) is 13.1 Å². The molecule has 1 fully saturated rings. The molecule has 2 atom stereocenters. The van der Waals surface area contributed by atoms with E-state index < -0.39 is 5.72 Å². The fraction of sp³-hybridized carbons (Fsp3) is 0.727. The average Bonchev–Trinajstić information content (AvgIpc) is 3.03. The second-order valence-corrected chi connectivity index (χ2v) is 9.54. The molecule has 0 radical (unpaired) electrons. The van der Waals surface area contributed by atoms with Crippen molar-refractivity contribution in [2.75, 3.05) is 38.5 Å². The lowest BCUT2D eigenvalue weighted by molar-refractivity contribution is -0.123. The maximum atomic E-state index is 11.8. The molecule has 0 aromatic rings. The number of aliphatic hydroxyl groups is 1. The van der Waals surface area contributed by atoms with Gasteiger partial charge in [-0.25, -0.2) is 0 Å². The van der Waals surface area contributed by atoms with Crippen LogP contribution < -0.4 is 22.9 Å². The molecule has 0 saturated carbocycles. The summed E-state index contributed by atoms with van der Waals surface area (Å²) in [6.45, 7) is 7.98. The number of fused-ring (bicyclic) bond motifs is 1. The summed E-state index contributed by atoms with van der Waals surface area (Å²) < 4.78 is 0. The Morgan fingerprint density at radius 1 is 1.09 bits per heavy atom. The average molecular weight is 467 g/mol. The number of hydrogen-bond acceptors (Lipinski definition) is 6. The number of nitrogens with zero attached hydrogens (tertiary/aromatic N) is 4. The summed E-state index contributed by atoms with van der Waals surface area (Å²) in [5.74, 6) is 1.00. The second kappa shape index (κ2) is 13.7. The molecule has 2 aliphatic rings. The van der Waals surface area contributed by atoms with E-state index in [2.05, 4.69) is 32.4 Å². The van der Waals surface area contributed by atoms with E-state index in [-0.39, 0.29) is 18.1 Å². The molecule has 1 saturated heterocycles. The maximum absolute atomic E-state index is 11.8. The number of hydrogen-bond donors (Lipinski definition) is 5. The topological polar surface area (TPSA) is 156 Å². The molecule has 32 heavy (non-hydrogen) atoms. The number of rotatable bonds is 15. The summed E-state index contributed by atoms with van der Waals surface area (Å²) >= 11 is 1.67. The lowest BCUT2D eigenvalue weighted by Crippen LogP contribution is -2.58. The highest BCUT2D eigenvalue weighted by Gasteiger charge is 2.49. The summed E-state index contributed by atoms with van der Waals surface area (Å²) in [7, 11) is 0. The van der Waals surface area contributed by atoms with E-state index in [0.717, 1.165) is 81.7 Å². The van der Waals surface area contributed by atoms with Crippen molar-refractivity contribution < 1.29 is 5.11 Å². The number of thioether (sulfide) groups is 1. The van der Waals surface area contributed by atoms with Gasteiger partial charge in [-0.3, -0.25) is 19.8 Å². The molecule has 0 bridgehead atoms. The highest BCUT2D eigenvalue weighted by Crippen LogP contribution is 2.44. The van der Waals surface area contributed by atoms with Crippen molar-refractivity contribution in [2.45, 2.75) is 63.3 Å². The Bertz CT molecular complexity index is 675. The fourth-order valence-corrected chi connectivity index (χ4v) is 5.46. The Morgan fingerprint density at radius 2 is 1.84 bits per heavy atom. The van der Waals surface area contributed by atoms with Gasteiger partial charge in [0.05, 0.1) is 12.7 Å². The van der Waals surface area contributed by atoms with Gasteiger partial charge < -0.3 is 28.0 Å². The van der Waals surface area contributed by atoms with Gasteiger partial charge in [0.1, 0.15) is 0 Å². The quantitative estimate of drug-likeness (QED) is 0.104. The predicted octanol–water partition coefficient (Wildman–Crippen LogP) is 1.10. The van der Waals surface area contributed by atoms with Crippen LogP contribution in [0.3, 0.4) is 0 Å². The van der Waals surface area contributed by atoms with Crippen LogP contribution >= 0.6 is 11.8 Å². The molecule has 9 N–H and O–H groups in total. The molecule has 0 aromatic heterocycles. The molecule has 2 rings (SSSR count). The highest BCUT2D eigenvalue weighted by molar-refractivity contribution is 8.03. The van der Waals surface area contributed by atoms with E-state index in [1.165, 1.54) is 0 Å². The van der Waals surface area contributed by atoms with E-state index in [4.69, 9.17) is 22.9 Å². The minimum atomic E-state index is -0.916. The molecule has 10 heteroatoms. The molecule has 2 aliphatic heterocycles. The zero-order valence-electron chi connectivity index (χ0n) is 19.3. The molecular formula is C22H42N8OS. The van der Waals surface area contributed by atoms with Gasteiger partial charge >= 0.3 is 0 Å². The molecule has 182 valence electrons. The van der Waals surface area contributed by atoms with Crippen LogP contribution in [0.2, 0.25) is 0 Å². The van der Waals surface area contributed by atoms with Crippen molar-refractivity contribution in [2.24, 2.45) is 32.9 Å². The van der Waals surface area contributed by atoms with E-state index in [1.807, 2.05) is 6.08 Å². The maximum Gasteiger partial charge on any atom is 0.185 e. The first-order valence-electron chi connectivity index (χ1n) is 11.7. The number of allylic oxidation sites excluding steroid dienone is 1. The molecule has 9 nitrogen and oxygen atoms in total. The summed E-state index contributed by atoms with van der Waals surface area (Å²) in [5, 5.41) is 11.8. The Hall–Kier alpha value is -1.75. The number of aliphatic imine (C=N–C) groups is 2. The molecule has 0 aliphatic carbocycles. The molecule has 0 aromatic carbocycles. The summed E-state index contributed by atoms with van der Waals surface area (Å²) in [4.78, 5) is 13.9. The third-order valence-corrected chi connectivity index (χ3v) is 7.09. The zero-order chi connectivity index (χ0) is 23.4. The van der Waals surface area contributed by atoms with Gasteiger partial charge in [-0.15, -0.1) is 18.3 Å². The van der Waals surface area contributed by atoms with Gasteiger partial charge in [0.25, 0.3) is 0 Å². The number of guanidine groups is 2. The fourth-order valence-electron chi connectivity index (χ4n) is 4.39. The first-order valence-corrected chi connectivity index (χ1v) is 12.7. The first-order chi connectivity index (χ1) is 15.4. The van der Waals surface area contributed by atoms with Crippen LogP contribution in [0.4, 0.5) is 0 Å². The summed E-state index contributed by atoms with van der Waals surface area (Å²) in [6.07, 6.45) is 12.2. The van der Waals surface area contributed by atoms with Crippen molar-refractivity contribution >= 4 is 23.7 Å². The molecule has 2 unspecified atom stereocenters. The predicted molar refractivity (Wildman–Crippen MR) is 136 cm³/mol. The molecule has 0 amide bonds. The molecular weight excluding hydrogens is 424 g/mol. The van der Waals surface area contributed by atoms with Crippen molar-refractivity contribution in [3.8, 4) is 0 Å². The Kier molecular flexibility index (Phi) is 11.4. The molecule has 0 spiro atoms. The minimum absolute atomic E-state index is 0.106. The van der Waals surface area contributed by atoms with Crippen molar-refractivity contribution in [3.05, 3.63) is 23.6 Å². The van der Waals surface area contributed by atoms with Crippen LogP contribution in [0.15, 0.2) is 33.6 Å². The normalized spacial score (nSPS) is 23.4. The van der Waals surface area contributed by atoms with Crippen LogP contribution in [0.1, 0.15) is 51.4 Å². The van der Waals surface area contributed by atoms with Gasteiger partial charge in [-0.1, -0.05) is 12.5 Å². The Morgan fingerprint density at radius 3 is 2.56 bits per heavy atom. The zero-order valence-corrected chi connectivity index (χ0v) is 20.1. The summed E-state index contributed by atoms with van der Waals surface area (Å²) in [5.41, 5.74) is 20.8. The van der Waals surface area contributed by atoms with Gasteiger partial charge in [0.15, 0.2) is 17.6 Å². The van der Waals surface area contributed by atoms with Crippen LogP contribution in [0, 0.1) is 0 Å². The van der Waals surface area contributed by atoms with Gasteiger partial charge in [0.2, 0.25) is 0 Å². The lowest BCUT2D eigenvalue weighted by Gasteiger charge is -2.46. The standard InChI is InChI=1S/C22H42N8OS/c1-2-3-4-6-10-22(31)18(32-16-12-28-21(25)26)17-19-29(14-9-15-30(19)22)13-8-5-7-11-27-20(23)24/h2,17,19,31H,1,3-16H2,(H4,23,24,27)(H4,25,26,28). The van der Waals surface area contributed by atoms with Crippen molar-refractivity contribution in [1.29, 1.82) is 0 Å². The smallest absolute Gasteiger partial charge is 0.185 e. The lowest BCUT2D eigenvalue weighted by atomic mass is 10.0. The third kappa shape index (κ3) is 7.99. The van der Waals surface area contributed by atoms with Crippen molar-refractivity contribution in [1.82, 2.24) is 9.80 Å². The minimum Gasteiger partial charge on any atom is -0.371 e. The van der Waals surface area contributed by atoms with Crippen molar-refractivity contribution in [3.63, 3.8) is 0 Å². The Labute approximate surface area is 197 Å². The van der Waals surface area contributed by atoms with E-state index in [1.54, 1.807) is 11.8 Å². The summed E-state index contributed by atoms with van der Waals surface area (Å²) in [6, 6.07) is 0. The Balaban J connectivity index is 2.00. The largest absolute Gasteiger partial charge is 0.371 e. The monoisotopic (exact) mass is 466 g/mol. The van der Waals surface area contributed by atoms with Crippen LogP contribution in [0.5, 0.6) is 0 Å². The number of unbranched alkanes of at least 4 members (excludes halogenated alkanes) is 4. The first kappa shape index (κ1) is 26.5.